The summed E-state index contributed by atoms with van der Waals surface area (Å²) in [6.45, 7) is 3.90. The first kappa shape index (κ1) is 20.1. The number of carbonyl (C=O) groups is 3. The summed E-state index contributed by atoms with van der Waals surface area (Å²) >= 11 is 0. The molecular weight excluding hydrogens is 284 g/mol. The van der Waals surface area contributed by atoms with Crippen molar-refractivity contribution in [1.29, 1.82) is 0 Å². The molecule has 1 aliphatic rings. The summed E-state index contributed by atoms with van der Waals surface area (Å²) in [5.74, 6) is -2.38. The molecule has 0 saturated carbocycles. The van der Waals surface area contributed by atoms with E-state index < -0.39 is 17.9 Å². The Bertz CT molecular complexity index is 393. The summed E-state index contributed by atoms with van der Waals surface area (Å²) in [5, 5.41) is 10.4. The predicted molar refractivity (Wildman–Crippen MR) is 81.5 cm³/mol. The van der Waals surface area contributed by atoms with Crippen LogP contribution in [-0.2, 0) is 19.1 Å². The van der Waals surface area contributed by atoms with Gasteiger partial charge in [0.25, 0.3) is 0 Å². The van der Waals surface area contributed by atoms with E-state index in [2.05, 4.69) is 23.8 Å². The molecule has 5 heteroatoms. The molecule has 1 rings (SSSR count). The van der Waals surface area contributed by atoms with Crippen LogP contribution >= 0.6 is 0 Å². The average molecular weight is 309 g/mol. The van der Waals surface area contributed by atoms with Crippen molar-refractivity contribution in [2.24, 2.45) is 5.92 Å². The minimum atomic E-state index is -0.923. The standard InChI is InChI=1S/C13H24O2.C4H2O3/c1-3-4-5-6-7-8-9-10-11-12(2)13(14)15;5-3-1-2-4(6)7-3/h6-7,12H,3-5,8-11H2,1-2H3,(H,14,15);1-2H/p-1. The Morgan fingerprint density at radius 2 is 1.68 bits per heavy atom. The second kappa shape index (κ2) is 12.8. The Morgan fingerprint density at radius 1 is 1.14 bits per heavy atom. The maximum atomic E-state index is 10.4. The predicted octanol–water partition coefficient (Wildman–Crippen LogP) is 2.31. The normalized spacial score (nSPS) is 14.6. The Labute approximate surface area is 132 Å². The number of ether oxygens (including phenoxy) is 1. The first-order valence-electron chi connectivity index (χ1n) is 7.77. The maximum absolute atomic E-state index is 10.4. The van der Waals surface area contributed by atoms with Crippen LogP contribution in [0.1, 0.15) is 58.8 Å². The van der Waals surface area contributed by atoms with Crippen LogP contribution in [0.2, 0.25) is 0 Å². The minimum Gasteiger partial charge on any atom is -0.550 e. The van der Waals surface area contributed by atoms with Crippen LogP contribution in [0.5, 0.6) is 0 Å². The fraction of sp³-hybridized carbons (Fsp3) is 0.588. The molecule has 1 unspecified atom stereocenters. The molecule has 0 aromatic carbocycles. The lowest BCUT2D eigenvalue weighted by atomic mass is 10.0. The van der Waals surface area contributed by atoms with Crippen molar-refractivity contribution in [1.82, 2.24) is 0 Å². The van der Waals surface area contributed by atoms with E-state index in [1.54, 1.807) is 6.92 Å². The van der Waals surface area contributed by atoms with Gasteiger partial charge in [-0.3, -0.25) is 0 Å². The molecule has 22 heavy (non-hydrogen) atoms. The molecule has 0 spiro atoms. The highest BCUT2D eigenvalue weighted by Crippen LogP contribution is 2.09. The molecule has 0 aromatic rings. The van der Waals surface area contributed by atoms with Crippen molar-refractivity contribution in [3.8, 4) is 0 Å². The third kappa shape index (κ3) is 11.9. The van der Waals surface area contributed by atoms with Crippen LogP contribution < -0.4 is 5.11 Å². The van der Waals surface area contributed by atoms with Gasteiger partial charge in [0.1, 0.15) is 0 Å². The van der Waals surface area contributed by atoms with Crippen molar-refractivity contribution in [3.63, 3.8) is 0 Å². The van der Waals surface area contributed by atoms with Gasteiger partial charge in [0.15, 0.2) is 0 Å². The molecule has 1 aliphatic heterocycles. The highest BCUT2D eigenvalue weighted by molar-refractivity contribution is 6.04. The Balaban J connectivity index is 0.000000518. The summed E-state index contributed by atoms with van der Waals surface area (Å²) in [6.07, 6.45) is 14.2. The Kier molecular flexibility index (Phi) is 11.7. The van der Waals surface area contributed by atoms with E-state index in [4.69, 9.17) is 0 Å². The van der Waals surface area contributed by atoms with Gasteiger partial charge in [0.05, 0.1) is 0 Å². The van der Waals surface area contributed by atoms with Crippen molar-refractivity contribution in [3.05, 3.63) is 24.3 Å². The zero-order valence-electron chi connectivity index (χ0n) is 13.4. The molecule has 0 saturated heterocycles. The number of cyclic esters (lactones) is 2. The fourth-order valence-corrected chi connectivity index (χ4v) is 1.69. The summed E-state index contributed by atoms with van der Waals surface area (Å²) in [4.78, 5) is 30.3. The fourth-order valence-electron chi connectivity index (χ4n) is 1.69. The lowest BCUT2D eigenvalue weighted by Gasteiger charge is -2.10. The van der Waals surface area contributed by atoms with Crippen molar-refractivity contribution >= 4 is 17.9 Å². The molecule has 124 valence electrons. The zero-order valence-corrected chi connectivity index (χ0v) is 13.4. The van der Waals surface area contributed by atoms with Gasteiger partial charge in [-0.15, -0.1) is 0 Å². The number of carbonyl (C=O) groups excluding carboxylic acids is 3. The van der Waals surface area contributed by atoms with Crippen molar-refractivity contribution in [2.75, 3.05) is 0 Å². The van der Waals surface area contributed by atoms with Crippen molar-refractivity contribution < 1.29 is 24.2 Å². The third-order valence-corrected chi connectivity index (χ3v) is 3.11. The van der Waals surface area contributed by atoms with Crippen LogP contribution in [0.4, 0.5) is 0 Å². The van der Waals surface area contributed by atoms with Gasteiger partial charge < -0.3 is 14.6 Å². The van der Waals surface area contributed by atoms with E-state index in [1.807, 2.05) is 0 Å². The minimum absolute atomic E-state index is 0.297. The molecule has 0 aromatic heterocycles. The number of allylic oxidation sites excluding steroid dienone is 2. The largest absolute Gasteiger partial charge is 0.550 e. The summed E-state index contributed by atoms with van der Waals surface area (Å²) < 4.78 is 3.97. The van der Waals surface area contributed by atoms with Crippen LogP contribution in [0.3, 0.4) is 0 Å². The molecular formula is C17H25O5-. The Morgan fingerprint density at radius 3 is 2.09 bits per heavy atom. The molecule has 0 aliphatic carbocycles. The molecule has 1 heterocycles. The molecule has 0 N–H and O–H groups in total. The summed E-state index contributed by atoms with van der Waals surface area (Å²) in [6, 6.07) is 0. The number of hydrogen-bond donors (Lipinski definition) is 0. The first-order chi connectivity index (χ1) is 10.5. The van der Waals surface area contributed by atoms with E-state index in [-0.39, 0.29) is 5.92 Å². The van der Waals surface area contributed by atoms with Crippen LogP contribution in [-0.4, -0.2) is 17.9 Å². The zero-order chi connectivity index (χ0) is 16.8. The number of rotatable bonds is 9. The Hall–Kier alpha value is -1.91. The van der Waals surface area contributed by atoms with E-state index in [1.165, 1.54) is 19.3 Å². The van der Waals surface area contributed by atoms with Gasteiger partial charge in [-0.1, -0.05) is 45.3 Å². The average Bonchev–Trinajstić information content (AvgIpc) is 2.85. The van der Waals surface area contributed by atoms with Crippen molar-refractivity contribution in [2.45, 2.75) is 58.8 Å². The number of carboxylic acids is 1. The van der Waals surface area contributed by atoms with Gasteiger partial charge in [-0.25, -0.2) is 9.59 Å². The monoisotopic (exact) mass is 309 g/mol. The smallest absolute Gasteiger partial charge is 0.338 e. The van der Waals surface area contributed by atoms with Gasteiger partial charge in [0.2, 0.25) is 0 Å². The highest BCUT2D eigenvalue weighted by atomic mass is 16.6. The number of aliphatic carboxylic acids is 1. The molecule has 1 atom stereocenters. The maximum Gasteiger partial charge on any atom is 0.338 e. The van der Waals surface area contributed by atoms with Crippen LogP contribution in [0.25, 0.3) is 0 Å². The lowest BCUT2D eigenvalue weighted by Crippen LogP contribution is -2.29. The first-order valence-corrected chi connectivity index (χ1v) is 7.77. The lowest BCUT2D eigenvalue weighted by molar-refractivity contribution is -0.311. The molecule has 0 amide bonds. The molecule has 0 bridgehead atoms. The highest BCUT2D eigenvalue weighted by Gasteiger charge is 2.10. The van der Waals surface area contributed by atoms with E-state index in [0.717, 1.165) is 37.8 Å². The van der Waals surface area contributed by atoms with Gasteiger partial charge in [-0.2, -0.15) is 0 Å². The molecule has 0 fully saturated rings. The van der Waals surface area contributed by atoms with E-state index >= 15 is 0 Å². The third-order valence-electron chi connectivity index (χ3n) is 3.11. The SMILES string of the molecule is CCCCC=CCCCCC(C)C(=O)[O-].O=C1C=CC(=O)O1. The van der Waals surface area contributed by atoms with E-state index in [0.29, 0.717) is 0 Å². The second-order valence-corrected chi connectivity index (χ2v) is 5.19. The topological polar surface area (TPSA) is 83.5 Å². The second-order valence-electron chi connectivity index (χ2n) is 5.19. The van der Waals surface area contributed by atoms with Crippen LogP contribution in [0.15, 0.2) is 24.3 Å². The number of hydrogen-bond acceptors (Lipinski definition) is 5. The number of carboxylic acid groups (broad SMARTS) is 1. The molecule has 5 nitrogen and oxygen atoms in total. The number of unbranched alkanes of at least 4 members (excludes halogenated alkanes) is 4. The van der Waals surface area contributed by atoms with Gasteiger partial charge in [0, 0.05) is 18.1 Å². The molecule has 0 radical (unpaired) electrons. The van der Waals surface area contributed by atoms with E-state index in [9.17, 15) is 19.5 Å². The van der Waals surface area contributed by atoms with Gasteiger partial charge >= 0.3 is 11.9 Å². The van der Waals surface area contributed by atoms with Gasteiger partial charge in [-0.05, 0) is 31.6 Å². The van der Waals surface area contributed by atoms with Crippen LogP contribution in [0, 0.1) is 5.92 Å². The summed E-state index contributed by atoms with van der Waals surface area (Å²) in [7, 11) is 0. The number of esters is 2. The summed E-state index contributed by atoms with van der Waals surface area (Å²) in [5.41, 5.74) is 0. The quantitative estimate of drug-likeness (QED) is 0.282.